The molecule has 0 saturated carbocycles. The summed E-state index contributed by atoms with van der Waals surface area (Å²) in [4.78, 5) is 14.4. The summed E-state index contributed by atoms with van der Waals surface area (Å²) in [6.07, 6.45) is 0. The fourth-order valence-electron chi connectivity index (χ4n) is 1.61. The predicted molar refractivity (Wildman–Crippen MR) is 76.6 cm³/mol. The molecule has 0 saturated heterocycles. The van der Waals surface area contributed by atoms with Gasteiger partial charge >= 0.3 is 0 Å². The van der Waals surface area contributed by atoms with E-state index in [1.807, 2.05) is 25.1 Å². The number of nitrogens with zero attached hydrogens (tertiary/aromatic N) is 1. The molecule has 0 spiro atoms. The van der Waals surface area contributed by atoms with Crippen LogP contribution in [0.5, 0.6) is 0 Å². The van der Waals surface area contributed by atoms with E-state index in [1.165, 1.54) is 11.3 Å². The van der Waals surface area contributed by atoms with Crippen molar-refractivity contribution in [2.45, 2.75) is 6.92 Å². The number of anilines is 1. The van der Waals surface area contributed by atoms with Gasteiger partial charge in [-0.3, -0.25) is 4.79 Å². The molecule has 1 aromatic carbocycles. The maximum Gasteiger partial charge on any atom is 0.265 e. The van der Waals surface area contributed by atoms with Crippen molar-refractivity contribution in [1.82, 2.24) is 4.90 Å². The van der Waals surface area contributed by atoms with E-state index in [2.05, 4.69) is 15.9 Å². The Bertz CT molecular complexity index is 579. The molecule has 17 heavy (non-hydrogen) atoms. The zero-order valence-corrected chi connectivity index (χ0v) is 12.1. The molecule has 0 bridgehead atoms. The van der Waals surface area contributed by atoms with Gasteiger partial charge in [0.25, 0.3) is 5.91 Å². The minimum absolute atomic E-state index is 0.0156. The molecule has 0 fully saturated rings. The lowest BCUT2D eigenvalue weighted by Gasteiger charge is -2.13. The lowest BCUT2D eigenvalue weighted by Crippen LogP contribution is -2.25. The summed E-state index contributed by atoms with van der Waals surface area (Å²) in [7, 11) is 1.78. The van der Waals surface area contributed by atoms with Crippen LogP contribution in [0.3, 0.4) is 0 Å². The second-order valence-corrected chi connectivity index (χ2v) is 5.68. The van der Waals surface area contributed by atoms with Crippen molar-refractivity contribution < 1.29 is 4.79 Å². The van der Waals surface area contributed by atoms with Crippen LogP contribution in [0.25, 0.3) is 10.1 Å². The molecule has 0 aliphatic carbocycles. The highest BCUT2D eigenvalue weighted by Gasteiger charge is 2.19. The molecule has 2 aromatic rings. The first-order chi connectivity index (χ1) is 8.06. The molecule has 5 heteroatoms. The molecule has 3 nitrogen and oxygen atoms in total. The molecule has 0 radical (unpaired) electrons. The number of rotatable bonds is 2. The van der Waals surface area contributed by atoms with Gasteiger partial charge in [-0.25, -0.2) is 0 Å². The molecule has 0 atom stereocenters. The molecule has 2 rings (SSSR count). The lowest BCUT2D eigenvalue weighted by atomic mass is 10.2. The summed E-state index contributed by atoms with van der Waals surface area (Å²) >= 11 is 4.91. The summed E-state index contributed by atoms with van der Waals surface area (Å²) in [6.45, 7) is 2.62. The fourth-order valence-corrected chi connectivity index (χ4v) is 3.46. The highest BCUT2D eigenvalue weighted by atomic mass is 79.9. The van der Waals surface area contributed by atoms with E-state index in [-0.39, 0.29) is 5.91 Å². The van der Waals surface area contributed by atoms with Gasteiger partial charge in [0, 0.05) is 28.2 Å². The van der Waals surface area contributed by atoms with E-state index in [0.717, 1.165) is 14.6 Å². The van der Waals surface area contributed by atoms with Gasteiger partial charge in [0.15, 0.2) is 0 Å². The Morgan fingerprint density at radius 2 is 2.24 bits per heavy atom. The SMILES string of the molecule is CCN(C)C(=O)c1sc2cccc(Br)c2c1N. The Morgan fingerprint density at radius 1 is 1.53 bits per heavy atom. The molecule has 1 amide bonds. The van der Waals surface area contributed by atoms with E-state index in [0.29, 0.717) is 17.1 Å². The summed E-state index contributed by atoms with van der Waals surface area (Å²) in [5.41, 5.74) is 6.64. The topological polar surface area (TPSA) is 46.3 Å². The van der Waals surface area contributed by atoms with Crippen molar-refractivity contribution in [1.29, 1.82) is 0 Å². The molecular weight excluding hydrogens is 300 g/mol. The Hall–Kier alpha value is -1.07. The van der Waals surface area contributed by atoms with Gasteiger partial charge in [0.05, 0.1) is 5.69 Å². The largest absolute Gasteiger partial charge is 0.397 e. The van der Waals surface area contributed by atoms with E-state index in [4.69, 9.17) is 5.73 Å². The van der Waals surface area contributed by atoms with Gasteiger partial charge in [0.1, 0.15) is 4.88 Å². The first kappa shape index (κ1) is 12.4. The van der Waals surface area contributed by atoms with Crippen LogP contribution in [0.4, 0.5) is 5.69 Å². The van der Waals surface area contributed by atoms with Crippen molar-refractivity contribution in [3.8, 4) is 0 Å². The summed E-state index contributed by atoms with van der Waals surface area (Å²) in [6, 6.07) is 5.85. The second kappa shape index (κ2) is 4.66. The van der Waals surface area contributed by atoms with E-state index < -0.39 is 0 Å². The van der Waals surface area contributed by atoms with Crippen LogP contribution in [-0.4, -0.2) is 24.4 Å². The van der Waals surface area contributed by atoms with Gasteiger partial charge in [-0.15, -0.1) is 11.3 Å². The maximum atomic E-state index is 12.1. The van der Waals surface area contributed by atoms with Crippen LogP contribution in [0, 0.1) is 0 Å². The van der Waals surface area contributed by atoms with Gasteiger partial charge < -0.3 is 10.6 Å². The van der Waals surface area contributed by atoms with Crippen LogP contribution >= 0.6 is 27.3 Å². The second-order valence-electron chi connectivity index (χ2n) is 3.78. The molecule has 2 N–H and O–H groups in total. The monoisotopic (exact) mass is 312 g/mol. The molecule has 1 aromatic heterocycles. The van der Waals surface area contributed by atoms with Gasteiger partial charge in [0.2, 0.25) is 0 Å². The normalized spacial score (nSPS) is 10.8. The van der Waals surface area contributed by atoms with Crippen LogP contribution < -0.4 is 5.73 Å². The van der Waals surface area contributed by atoms with Crippen molar-refractivity contribution in [2.24, 2.45) is 0 Å². The molecule has 0 unspecified atom stereocenters. The number of hydrogen-bond donors (Lipinski definition) is 1. The molecule has 0 aliphatic heterocycles. The Morgan fingerprint density at radius 3 is 2.82 bits per heavy atom. The van der Waals surface area contributed by atoms with Crippen LogP contribution in [0.15, 0.2) is 22.7 Å². The smallest absolute Gasteiger partial charge is 0.265 e. The maximum absolute atomic E-state index is 12.1. The molecule has 90 valence electrons. The fraction of sp³-hybridized carbons (Fsp3) is 0.250. The number of thiophene rings is 1. The number of nitrogen functional groups attached to an aromatic ring is 1. The zero-order valence-electron chi connectivity index (χ0n) is 9.66. The van der Waals surface area contributed by atoms with Crippen molar-refractivity contribution in [2.75, 3.05) is 19.3 Å². The number of carbonyl (C=O) groups is 1. The number of fused-ring (bicyclic) bond motifs is 1. The third kappa shape index (κ3) is 2.05. The first-order valence-corrected chi connectivity index (χ1v) is 6.89. The highest BCUT2D eigenvalue weighted by molar-refractivity contribution is 9.10. The Kier molecular flexibility index (Phi) is 3.40. The summed E-state index contributed by atoms with van der Waals surface area (Å²) in [5, 5.41) is 0.936. The van der Waals surface area contributed by atoms with Gasteiger partial charge in [-0.2, -0.15) is 0 Å². The van der Waals surface area contributed by atoms with E-state index in [9.17, 15) is 4.79 Å². The number of nitrogens with two attached hydrogens (primary N) is 1. The average molecular weight is 313 g/mol. The predicted octanol–water partition coefficient (Wildman–Crippen LogP) is 3.34. The first-order valence-electron chi connectivity index (χ1n) is 5.28. The number of hydrogen-bond acceptors (Lipinski definition) is 3. The van der Waals surface area contributed by atoms with Gasteiger partial charge in [-0.05, 0) is 19.1 Å². The van der Waals surface area contributed by atoms with Gasteiger partial charge in [-0.1, -0.05) is 22.0 Å². The zero-order chi connectivity index (χ0) is 12.6. The quantitative estimate of drug-likeness (QED) is 0.924. The highest BCUT2D eigenvalue weighted by Crippen LogP contribution is 2.38. The standard InChI is InChI=1S/C12H13BrN2OS/c1-3-15(2)12(16)11-10(14)9-7(13)5-4-6-8(9)17-11/h4-6H,3,14H2,1-2H3. The van der Waals surface area contributed by atoms with Crippen molar-refractivity contribution >= 4 is 48.9 Å². The average Bonchev–Trinajstić information content (AvgIpc) is 2.66. The van der Waals surface area contributed by atoms with Crippen LogP contribution in [0.2, 0.25) is 0 Å². The minimum Gasteiger partial charge on any atom is -0.397 e. The Labute approximate surface area is 112 Å². The Balaban J connectivity index is 2.61. The van der Waals surface area contributed by atoms with Crippen molar-refractivity contribution in [3.63, 3.8) is 0 Å². The third-order valence-corrected chi connectivity index (χ3v) is 4.54. The number of carbonyl (C=O) groups excluding carboxylic acids is 1. The minimum atomic E-state index is -0.0156. The molecule has 0 aliphatic rings. The number of halogens is 1. The lowest BCUT2D eigenvalue weighted by molar-refractivity contribution is 0.0808. The van der Waals surface area contributed by atoms with Crippen LogP contribution in [0.1, 0.15) is 16.6 Å². The number of benzene rings is 1. The van der Waals surface area contributed by atoms with Crippen molar-refractivity contribution in [3.05, 3.63) is 27.5 Å². The molecular formula is C12H13BrN2OS. The summed E-state index contributed by atoms with van der Waals surface area (Å²) in [5.74, 6) is -0.0156. The van der Waals surface area contributed by atoms with Crippen LogP contribution in [-0.2, 0) is 0 Å². The molecule has 1 heterocycles. The third-order valence-electron chi connectivity index (χ3n) is 2.72. The number of amides is 1. The van der Waals surface area contributed by atoms with E-state index >= 15 is 0 Å². The van der Waals surface area contributed by atoms with E-state index in [1.54, 1.807) is 11.9 Å². The summed E-state index contributed by atoms with van der Waals surface area (Å²) < 4.78 is 1.96.